The quantitative estimate of drug-likeness (QED) is 0.590. The summed E-state index contributed by atoms with van der Waals surface area (Å²) >= 11 is 0. The molecule has 1 fully saturated rings. The van der Waals surface area contributed by atoms with E-state index in [-0.39, 0.29) is 18.0 Å². The predicted octanol–water partition coefficient (Wildman–Crippen LogP) is 5.00. The van der Waals surface area contributed by atoms with Crippen molar-refractivity contribution in [1.29, 1.82) is 0 Å². The molecule has 0 spiro atoms. The Bertz CT molecular complexity index is 1070. The summed E-state index contributed by atoms with van der Waals surface area (Å²) in [4.78, 5) is 18.8. The van der Waals surface area contributed by atoms with Crippen molar-refractivity contribution in [2.24, 2.45) is 0 Å². The van der Waals surface area contributed by atoms with Gasteiger partial charge in [-0.3, -0.25) is 4.57 Å². The molecule has 2 aromatic carbocycles. The van der Waals surface area contributed by atoms with Gasteiger partial charge in [0.25, 0.3) is 6.01 Å². The molecule has 0 radical (unpaired) electrons. The number of benzene rings is 2. The van der Waals surface area contributed by atoms with Crippen LogP contribution in [0.25, 0.3) is 11.0 Å². The number of piperidine rings is 1. The highest BCUT2D eigenvalue weighted by atomic mass is 19.1. The molecule has 164 valence electrons. The van der Waals surface area contributed by atoms with Gasteiger partial charge in [0.2, 0.25) is 0 Å². The first kappa shape index (κ1) is 21.2. The van der Waals surface area contributed by atoms with E-state index in [1.54, 1.807) is 17.0 Å². The smallest absolute Gasteiger partial charge is 0.410 e. The fourth-order valence-corrected chi connectivity index (χ4v) is 3.77. The van der Waals surface area contributed by atoms with E-state index in [0.29, 0.717) is 31.2 Å². The van der Waals surface area contributed by atoms with Gasteiger partial charge in [0.15, 0.2) is 0 Å². The van der Waals surface area contributed by atoms with Crippen molar-refractivity contribution in [2.45, 2.75) is 51.9 Å². The number of para-hydroxylation sites is 2. The first-order valence-corrected chi connectivity index (χ1v) is 10.6. The molecule has 1 atom stereocenters. The Labute approximate surface area is 181 Å². The first-order valence-electron chi connectivity index (χ1n) is 10.6. The topological polar surface area (TPSA) is 56.6 Å². The maximum absolute atomic E-state index is 14.3. The van der Waals surface area contributed by atoms with E-state index in [1.165, 1.54) is 6.07 Å². The molecular weight excluding hydrogens is 397 g/mol. The van der Waals surface area contributed by atoms with Gasteiger partial charge in [0, 0.05) is 12.1 Å². The number of hydrogen-bond acceptors (Lipinski definition) is 4. The molecule has 0 aliphatic carbocycles. The van der Waals surface area contributed by atoms with Gasteiger partial charge in [-0.05, 0) is 51.8 Å². The number of fused-ring (bicyclic) bond motifs is 1. The number of halogens is 1. The van der Waals surface area contributed by atoms with Crippen LogP contribution >= 0.6 is 0 Å². The number of hydrogen-bond donors (Lipinski definition) is 0. The Morgan fingerprint density at radius 2 is 1.90 bits per heavy atom. The van der Waals surface area contributed by atoms with Crippen molar-refractivity contribution in [3.8, 4) is 6.01 Å². The molecule has 0 bridgehead atoms. The molecular formula is C24H28FN3O3. The fourth-order valence-electron chi connectivity index (χ4n) is 3.77. The molecule has 1 aliphatic rings. The highest BCUT2D eigenvalue weighted by molar-refractivity contribution is 5.76. The number of rotatable bonds is 4. The van der Waals surface area contributed by atoms with Crippen LogP contribution in [0.3, 0.4) is 0 Å². The highest BCUT2D eigenvalue weighted by Gasteiger charge is 2.29. The average Bonchev–Trinajstić information content (AvgIpc) is 3.06. The van der Waals surface area contributed by atoms with Crippen LogP contribution in [0.15, 0.2) is 48.5 Å². The lowest BCUT2D eigenvalue weighted by Gasteiger charge is -2.34. The molecule has 2 heterocycles. The van der Waals surface area contributed by atoms with Gasteiger partial charge in [0.1, 0.15) is 17.5 Å². The maximum atomic E-state index is 14.3. The number of likely N-dealkylation sites (tertiary alicyclic amines) is 1. The van der Waals surface area contributed by atoms with Gasteiger partial charge < -0.3 is 14.4 Å². The minimum Gasteiger partial charge on any atom is -0.459 e. The van der Waals surface area contributed by atoms with Gasteiger partial charge in [0.05, 0.1) is 24.1 Å². The summed E-state index contributed by atoms with van der Waals surface area (Å²) in [5.41, 5.74) is 1.68. The van der Waals surface area contributed by atoms with Crippen LogP contribution in [0, 0.1) is 5.82 Å². The minimum atomic E-state index is -0.543. The van der Waals surface area contributed by atoms with E-state index >= 15 is 0 Å². The molecule has 0 N–H and O–H groups in total. The Kier molecular flexibility index (Phi) is 5.85. The summed E-state index contributed by atoms with van der Waals surface area (Å²) in [6.07, 6.45) is 1.08. The van der Waals surface area contributed by atoms with Crippen LogP contribution in [0.5, 0.6) is 6.01 Å². The number of aromatic nitrogens is 2. The second kappa shape index (κ2) is 8.57. The van der Waals surface area contributed by atoms with Gasteiger partial charge in [-0.1, -0.05) is 30.3 Å². The summed E-state index contributed by atoms with van der Waals surface area (Å²) in [5.74, 6) is -0.264. The number of nitrogens with zero attached hydrogens (tertiary/aromatic N) is 3. The third-order valence-corrected chi connectivity index (χ3v) is 5.21. The van der Waals surface area contributed by atoms with Crippen molar-refractivity contribution in [3.63, 3.8) is 0 Å². The maximum Gasteiger partial charge on any atom is 0.410 e. The van der Waals surface area contributed by atoms with E-state index in [4.69, 9.17) is 9.47 Å². The molecule has 0 unspecified atom stereocenters. The molecule has 6 nitrogen and oxygen atoms in total. The lowest BCUT2D eigenvalue weighted by molar-refractivity contribution is 0.00625. The van der Waals surface area contributed by atoms with Crippen LogP contribution in [0.4, 0.5) is 9.18 Å². The SMILES string of the molecule is CC(C)(C)OC(=O)N1CCC[C@H](Oc2nc3ccccc3n2Cc2ccccc2F)C1. The fraction of sp³-hybridized carbons (Fsp3) is 0.417. The predicted molar refractivity (Wildman–Crippen MR) is 117 cm³/mol. The number of amides is 1. The molecule has 31 heavy (non-hydrogen) atoms. The summed E-state index contributed by atoms with van der Waals surface area (Å²) in [7, 11) is 0. The summed E-state index contributed by atoms with van der Waals surface area (Å²) in [6, 6.07) is 14.8. The molecule has 7 heteroatoms. The molecule has 1 aromatic heterocycles. The van der Waals surface area contributed by atoms with Crippen LogP contribution in [-0.4, -0.2) is 45.3 Å². The standard InChI is InChI=1S/C24H28FN3O3/c1-24(2,3)31-23(29)27-14-8-10-18(16-27)30-22-26-20-12-6-7-13-21(20)28(22)15-17-9-4-5-11-19(17)25/h4-7,9,11-13,18H,8,10,14-16H2,1-3H3/t18-/m0/s1. The molecule has 0 saturated carbocycles. The number of imidazole rings is 1. The minimum absolute atomic E-state index is 0.211. The van der Waals surface area contributed by atoms with Crippen molar-refractivity contribution < 1.29 is 18.7 Å². The zero-order chi connectivity index (χ0) is 22.0. The van der Waals surface area contributed by atoms with E-state index < -0.39 is 5.60 Å². The van der Waals surface area contributed by atoms with Gasteiger partial charge in [-0.15, -0.1) is 0 Å². The molecule has 1 aliphatic heterocycles. The Hall–Kier alpha value is -3.09. The van der Waals surface area contributed by atoms with Crippen LogP contribution in [0.2, 0.25) is 0 Å². The highest BCUT2D eigenvalue weighted by Crippen LogP contribution is 2.26. The van der Waals surface area contributed by atoms with Crippen molar-refractivity contribution in [2.75, 3.05) is 13.1 Å². The number of carbonyl (C=O) groups is 1. The van der Waals surface area contributed by atoms with Gasteiger partial charge in [-0.2, -0.15) is 4.98 Å². The van der Waals surface area contributed by atoms with Crippen molar-refractivity contribution >= 4 is 17.1 Å². The van der Waals surface area contributed by atoms with Crippen LogP contribution in [-0.2, 0) is 11.3 Å². The summed E-state index contributed by atoms with van der Waals surface area (Å²) in [5, 5.41) is 0. The van der Waals surface area contributed by atoms with Crippen molar-refractivity contribution in [1.82, 2.24) is 14.5 Å². The monoisotopic (exact) mass is 425 g/mol. The molecule has 3 aromatic rings. The molecule has 4 rings (SSSR count). The van der Waals surface area contributed by atoms with E-state index in [2.05, 4.69) is 4.98 Å². The van der Waals surface area contributed by atoms with Crippen LogP contribution in [0.1, 0.15) is 39.2 Å². The zero-order valence-corrected chi connectivity index (χ0v) is 18.2. The normalized spacial score (nSPS) is 17.0. The lowest BCUT2D eigenvalue weighted by Crippen LogP contribution is -2.46. The van der Waals surface area contributed by atoms with Gasteiger partial charge in [-0.25, -0.2) is 9.18 Å². The third-order valence-electron chi connectivity index (χ3n) is 5.21. The van der Waals surface area contributed by atoms with Crippen LogP contribution < -0.4 is 4.74 Å². The Morgan fingerprint density at radius 1 is 1.16 bits per heavy atom. The third kappa shape index (κ3) is 4.98. The van der Waals surface area contributed by atoms with Gasteiger partial charge >= 0.3 is 6.09 Å². The first-order chi connectivity index (χ1) is 14.8. The average molecular weight is 426 g/mol. The van der Waals surface area contributed by atoms with E-state index in [9.17, 15) is 9.18 Å². The second-order valence-corrected chi connectivity index (χ2v) is 8.87. The molecule has 1 saturated heterocycles. The number of carbonyl (C=O) groups excluding carboxylic acids is 1. The summed E-state index contributed by atoms with van der Waals surface area (Å²) < 4.78 is 28.0. The lowest BCUT2D eigenvalue weighted by atomic mass is 10.1. The Balaban J connectivity index is 1.57. The van der Waals surface area contributed by atoms with E-state index in [1.807, 2.05) is 55.7 Å². The summed E-state index contributed by atoms with van der Waals surface area (Å²) in [6.45, 7) is 6.94. The second-order valence-electron chi connectivity index (χ2n) is 8.87. The zero-order valence-electron chi connectivity index (χ0n) is 18.2. The van der Waals surface area contributed by atoms with Crippen molar-refractivity contribution in [3.05, 3.63) is 59.9 Å². The number of ether oxygens (including phenoxy) is 2. The largest absolute Gasteiger partial charge is 0.459 e. The van der Waals surface area contributed by atoms with E-state index in [0.717, 1.165) is 23.9 Å². The Morgan fingerprint density at radius 3 is 2.68 bits per heavy atom. The molecule has 1 amide bonds.